The zero-order valence-electron chi connectivity index (χ0n) is 11.3. The third-order valence-corrected chi connectivity index (χ3v) is 3.72. The molecule has 0 bridgehead atoms. The van der Waals surface area contributed by atoms with Crippen molar-refractivity contribution in [2.24, 2.45) is 10.8 Å². The highest BCUT2D eigenvalue weighted by Crippen LogP contribution is 2.50. The molecule has 0 radical (unpaired) electrons. The molecule has 96 valence electrons. The minimum atomic E-state index is -0.0304. The van der Waals surface area contributed by atoms with E-state index in [0.717, 1.165) is 12.8 Å². The van der Waals surface area contributed by atoms with Crippen molar-refractivity contribution in [3.8, 4) is 0 Å². The Morgan fingerprint density at radius 1 is 1.29 bits per heavy atom. The zero-order chi connectivity index (χ0) is 12.7. The second-order valence-corrected chi connectivity index (χ2v) is 6.88. The van der Waals surface area contributed by atoms with Crippen molar-refractivity contribution < 1.29 is 5.11 Å². The van der Waals surface area contributed by atoms with Crippen LogP contribution in [0.2, 0.25) is 0 Å². The Morgan fingerprint density at radius 3 is 2.41 bits per heavy atom. The number of rotatable bonds is 2. The monoisotopic (exact) mass is 237 g/mol. The lowest BCUT2D eigenvalue weighted by Gasteiger charge is -2.45. The van der Waals surface area contributed by atoms with Crippen LogP contribution >= 0.6 is 0 Å². The summed E-state index contributed by atoms with van der Waals surface area (Å²) in [4.78, 5) is 0. The first-order valence-corrected chi connectivity index (χ1v) is 6.32. The summed E-state index contributed by atoms with van der Waals surface area (Å²) in [7, 11) is 0. The van der Waals surface area contributed by atoms with Gasteiger partial charge in [-0.25, -0.2) is 0 Å². The van der Waals surface area contributed by atoms with Gasteiger partial charge in [0.15, 0.2) is 5.82 Å². The molecule has 17 heavy (non-hydrogen) atoms. The summed E-state index contributed by atoms with van der Waals surface area (Å²) < 4.78 is 2.06. The third kappa shape index (κ3) is 2.68. The van der Waals surface area contributed by atoms with Crippen LogP contribution in [0.3, 0.4) is 0 Å². The van der Waals surface area contributed by atoms with Crippen LogP contribution in [0.25, 0.3) is 0 Å². The van der Waals surface area contributed by atoms with Crippen molar-refractivity contribution in [3.05, 3.63) is 12.2 Å². The molecule has 1 N–H and O–H groups in total. The van der Waals surface area contributed by atoms with E-state index in [0.29, 0.717) is 22.7 Å². The quantitative estimate of drug-likeness (QED) is 0.860. The summed E-state index contributed by atoms with van der Waals surface area (Å²) in [5.41, 5.74) is 0.673. The maximum atomic E-state index is 9.27. The van der Waals surface area contributed by atoms with Crippen molar-refractivity contribution in [1.82, 2.24) is 14.8 Å². The van der Waals surface area contributed by atoms with Crippen molar-refractivity contribution in [1.29, 1.82) is 0 Å². The van der Waals surface area contributed by atoms with Crippen LogP contribution in [-0.2, 0) is 6.61 Å². The summed E-state index contributed by atoms with van der Waals surface area (Å²) in [6.45, 7) is 9.26. The Bertz CT molecular complexity index is 379. The number of aromatic nitrogens is 3. The fourth-order valence-corrected chi connectivity index (χ4v) is 3.67. The van der Waals surface area contributed by atoms with E-state index in [2.05, 4.69) is 42.5 Å². The fraction of sp³-hybridized carbons (Fsp3) is 0.846. The number of aliphatic hydroxyl groups is 1. The first-order chi connectivity index (χ1) is 7.83. The smallest absolute Gasteiger partial charge is 0.158 e. The number of hydrogen-bond acceptors (Lipinski definition) is 3. The van der Waals surface area contributed by atoms with Gasteiger partial charge in [0, 0.05) is 6.04 Å². The molecule has 1 fully saturated rings. The maximum absolute atomic E-state index is 9.27. The number of hydrogen-bond donors (Lipinski definition) is 1. The minimum absolute atomic E-state index is 0.0304. The molecule has 0 atom stereocenters. The molecule has 1 aromatic rings. The lowest BCUT2D eigenvalue weighted by molar-refractivity contribution is 0.0692. The van der Waals surface area contributed by atoms with E-state index in [9.17, 15) is 5.11 Å². The van der Waals surface area contributed by atoms with Gasteiger partial charge < -0.3 is 9.67 Å². The molecule has 0 spiro atoms. The van der Waals surface area contributed by atoms with Crippen molar-refractivity contribution in [3.63, 3.8) is 0 Å². The average molecular weight is 237 g/mol. The molecule has 1 saturated carbocycles. The van der Waals surface area contributed by atoms with Gasteiger partial charge in [0.2, 0.25) is 0 Å². The van der Waals surface area contributed by atoms with E-state index in [1.165, 1.54) is 6.42 Å². The Hall–Kier alpha value is -0.900. The number of nitrogens with zero attached hydrogens (tertiary/aromatic N) is 3. The number of aliphatic hydroxyl groups excluding tert-OH is 1. The predicted octanol–water partition coefficient (Wildman–Crippen LogP) is 2.55. The lowest BCUT2D eigenvalue weighted by atomic mass is 9.63. The van der Waals surface area contributed by atoms with E-state index in [-0.39, 0.29) is 6.61 Å². The van der Waals surface area contributed by atoms with Gasteiger partial charge in [-0.05, 0) is 30.1 Å². The Labute approximate surface area is 103 Å². The van der Waals surface area contributed by atoms with E-state index < -0.39 is 0 Å². The van der Waals surface area contributed by atoms with Gasteiger partial charge >= 0.3 is 0 Å². The third-order valence-electron chi connectivity index (χ3n) is 3.72. The van der Waals surface area contributed by atoms with Gasteiger partial charge in [-0.15, -0.1) is 10.2 Å². The van der Waals surface area contributed by atoms with Crippen molar-refractivity contribution >= 4 is 0 Å². The van der Waals surface area contributed by atoms with Crippen LogP contribution < -0.4 is 0 Å². The molecule has 4 heteroatoms. The first kappa shape index (κ1) is 12.6. The Kier molecular flexibility index (Phi) is 3.02. The van der Waals surface area contributed by atoms with Gasteiger partial charge in [-0.3, -0.25) is 0 Å². The van der Waals surface area contributed by atoms with Crippen LogP contribution in [0.15, 0.2) is 6.33 Å². The SMILES string of the molecule is CC1(C)CC(n2cnnc2CO)CC(C)(C)C1. The summed E-state index contributed by atoms with van der Waals surface area (Å²) >= 11 is 0. The van der Waals surface area contributed by atoms with Crippen LogP contribution in [0.4, 0.5) is 0 Å². The van der Waals surface area contributed by atoms with Crippen molar-refractivity contribution in [2.45, 2.75) is 59.6 Å². The van der Waals surface area contributed by atoms with Crippen LogP contribution in [0, 0.1) is 10.8 Å². The van der Waals surface area contributed by atoms with E-state index in [1.807, 2.05) is 0 Å². The highest BCUT2D eigenvalue weighted by molar-refractivity contribution is 4.96. The summed E-state index contributed by atoms with van der Waals surface area (Å²) in [6.07, 6.45) is 5.25. The zero-order valence-corrected chi connectivity index (χ0v) is 11.3. The molecule has 0 saturated heterocycles. The van der Waals surface area contributed by atoms with Crippen LogP contribution in [0.5, 0.6) is 0 Å². The average Bonchev–Trinajstić information content (AvgIpc) is 2.59. The second kappa shape index (κ2) is 4.09. The van der Waals surface area contributed by atoms with Gasteiger partial charge in [-0.1, -0.05) is 27.7 Å². The molecule has 1 aromatic heterocycles. The molecule has 1 aliphatic carbocycles. The molecule has 0 amide bonds. The molecule has 2 rings (SSSR count). The summed E-state index contributed by atoms with van der Waals surface area (Å²) in [6, 6.07) is 0.408. The maximum Gasteiger partial charge on any atom is 0.158 e. The predicted molar refractivity (Wildman–Crippen MR) is 66.4 cm³/mol. The molecule has 4 nitrogen and oxygen atoms in total. The summed E-state index contributed by atoms with van der Waals surface area (Å²) in [5.74, 6) is 0.684. The highest BCUT2D eigenvalue weighted by Gasteiger charge is 2.39. The lowest BCUT2D eigenvalue weighted by Crippen LogP contribution is -2.35. The van der Waals surface area contributed by atoms with Gasteiger partial charge in [0.1, 0.15) is 12.9 Å². The van der Waals surface area contributed by atoms with E-state index in [1.54, 1.807) is 6.33 Å². The van der Waals surface area contributed by atoms with Crippen molar-refractivity contribution in [2.75, 3.05) is 0 Å². The summed E-state index contributed by atoms with van der Waals surface area (Å²) in [5, 5.41) is 17.2. The van der Waals surface area contributed by atoms with E-state index >= 15 is 0 Å². The standard InChI is InChI=1S/C13H23N3O/c1-12(2)5-10(6-13(3,4)8-12)16-9-14-15-11(16)7-17/h9-10,17H,5-8H2,1-4H3. The van der Waals surface area contributed by atoms with Gasteiger partial charge in [0.05, 0.1) is 0 Å². The largest absolute Gasteiger partial charge is 0.388 e. The van der Waals surface area contributed by atoms with Gasteiger partial charge in [-0.2, -0.15) is 0 Å². The first-order valence-electron chi connectivity index (χ1n) is 6.32. The molecule has 0 unspecified atom stereocenters. The normalized spacial score (nSPS) is 23.8. The topological polar surface area (TPSA) is 50.9 Å². The highest BCUT2D eigenvalue weighted by atomic mass is 16.3. The van der Waals surface area contributed by atoms with E-state index in [4.69, 9.17) is 0 Å². The molecule has 0 aromatic carbocycles. The molecule has 1 aliphatic rings. The van der Waals surface area contributed by atoms with Crippen LogP contribution in [0.1, 0.15) is 58.8 Å². The fourth-order valence-electron chi connectivity index (χ4n) is 3.67. The Morgan fingerprint density at radius 2 is 1.88 bits per heavy atom. The minimum Gasteiger partial charge on any atom is -0.388 e. The Balaban J connectivity index is 2.27. The molecule has 1 heterocycles. The second-order valence-electron chi connectivity index (χ2n) is 6.88. The molecular formula is C13H23N3O. The molecular weight excluding hydrogens is 214 g/mol. The van der Waals surface area contributed by atoms with Gasteiger partial charge in [0.25, 0.3) is 0 Å². The molecule has 0 aliphatic heterocycles. The van der Waals surface area contributed by atoms with Crippen LogP contribution in [-0.4, -0.2) is 19.9 Å².